The Morgan fingerprint density at radius 2 is 1.80 bits per heavy atom. The van der Waals surface area contributed by atoms with E-state index in [0.717, 1.165) is 22.0 Å². The molecule has 2 N–H and O–H groups in total. The molecular weight excluding hydrogens is 318 g/mol. The zero-order valence-corrected chi connectivity index (χ0v) is 13.7. The average Bonchev–Trinajstić information content (AvgIpc) is 2.61. The molecule has 0 atom stereocenters. The molecule has 25 heavy (non-hydrogen) atoms. The second kappa shape index (κ2) is 7.00. The number of benzene rings is 3. The van der Waals surface area contributed by atoms with Gasteiger partial charge >= 0.3 is 0 Å². The molecule has 0 saturated heterocycles. The molecule has 0 aromatic heterocycles. The van der Waals surface area contributed by atoms with Crippen molar-refractivity contribution in [1.82, 2.24) is 0 Å². The van der Waals surface area contributed by atoms with Gasteiger partial charge in [-0.15, -0.1) is 0 Å². The fourth-order valence-electron chi connectivity index (χ4n) is 2.61. The Morgan fingerprint density at radius 3 is 2.60 bits per heavy atom. The van der Waals surface area contributed by atoms with Crippen molar-refractivity contribution in [2.75, 3.05) is 17.2 Å². The summed E-state index contributed by atoms with van der Waals surface area (Å²) in [6.45, 7) is 1.85. The number of carbonyl (C=O) groups excluding carboxylic acids is 1. The predicted octanol–water partition coefficient (Wildman–Crippen LogP) is 4.11. The minimum Gasteiger partial charge on any atom is -0.376 e. The number of amides is 1. The number of nitrogens with one attached hydrogen (secondary N) is 2. The molecule has 3 rings (SSSR count). The molecule has 0 aliphatic carbocycles. The summed E-state index contributed by atoms with van der Waals surface area (Å²) in [6.07, 6.45) is 0. The van der Waals surface area contributed by atoms with E-state index in [2.05, 4.69) is 10.6 Å². The number of hydrogen-bond acceptors (Lipinski definition) is 4. The fourth-order valence-corrected chi connectivity index (χ4v) is 2.61. The molecule has 0 unspecified atom stereocenters. The van der Waals surface area contributed by atoms with Crippen LogP contribution >= 0.6 is 0 Å². The largest absolute Gasteiger partial charge is 0.376 e. The summed E-state index contributed by atoms with van der Waals surface area (Å²) in [7, 11) is 0. The molecule has 0 spiro atoms. The Hall–Kier alpha value is -3.41. The lowest BCUT2D eigenvalue weighted by Crippen LogP contribution is -2.22. The van der Waals surface area contributed by atoms with Crippen molar-refractivity contribution in [1.29, 1.82) is 0 Å². The third-order valence-electron chi connectivity index (χ3n) is 3.94. The van der Waals surface area contributed by atoms with Crippen LogP contribution < -0.4 is 10.6 Å². The number of anilines is 2. The van der Waals surface area contributed by atoms with Crippen LogP contribution in [0.1, 0.15) is 5.56 Å². The minimum atomic E-state index is -0.483. The standard InChI is InChI=1S/C19H17N3O3/c1-13-9-10-15(22(24)25)11-18(13)21-19(23)12-20-17-8-4-6-14-5-2-3-7-16(14)17/h2-11,20H,12H2,1H3,(H,21,23). The quantitative estimate of drug-likeness (QED) is 0.543. The van der Waals surface area contributed by atoms with E-state index in [1.807, 2.05) is 42.5 Å². The molecule has 3 aromatic rings. The molecule has 1 amide bonds. The molecule has 0 fully saturated rings. The molecule has 0 saturated carbocycles. The summed E-state index contributed by atoms with van der Waals surface area (Å²) in [6, 6.07) is 18.1. The number of rotatable bonds is 5. The number of aryl methyl sites for hydroxylation is 1. The summed E-state index contributed by atoms with van der Waals surface area (Å²) >= 11 is 0. The smallest absolute Gasteiger partial charge is 0.271 e. The van der Waals surface area contributed by atoms with Crippen LogP contribution in [0.25, 0.3) is 10.8 Å². The second-order valence-electron chi connectivity index (χ2n) is 5.68. The van der Waals surface area contributed by atoms with Gasteiger partial charge in [0, 0.05) is 23.2 Å². The first-order chi connectivity index (χ1) is 12.0. The third-order valence-corrected chi connectivity index (χ3v) is 3.94. The maximum absolute atomic E-state index is 12.2. The van der Waals surface area contributed by atoms with Crippen molar-refractivity contribution < 1.29 is 9.72 Å². The van der Waals surface area contributed by atoms with Crippen LogP contribution in [0.3, 0.4) is 0 Å². The van der Waals surface area contributed by atoms with E-state index in [0.29, 0.717) is 5.69 Å². The number of fused-ring (bicyclic) bond motifs is 1. The van der Waals surface area contributed by atoms with Crippen molar-refractivity contribution in [3.63, 3.8) is 0 Å². The Balaban J connectivity index is 1.71. The lowest BCUT2D eigenvalue weighted by Gasteiger charge is -2.11. The van der Waals surface area contributed by atoms with Crippen LogP contribution in [-0.4, -0.2) is 17.4 Å². The molecule has 3 aromatic carbocycles. The van der Waals surface area contributed by atoms with E-state index in [9.17, 15) is 14.9 Å². The van der Waals surface area contributed by atoms with E-state index in [4.69, 9.17) is 0 Å². The van der Waals surface area contributed by atoms with Crippen LogP contribution in [-0.2, 0) is 4.79 Å². The Labute approximate surface area is 144 Å². The van der Waals surface area contributed by atoms with Crippen LogP contribution in [0, 0.1) is 17.0 Å². The topological polar surface area (TPSA) is 84.3 Å². The number of nitro benzene ring substituents is 1. The van der Waals surface area contributed by atoms with Crippen molar-refractivity contribution in [2.24, 2.45) is 0 Å². The second-order valence-corrected chi connectivity index (χ2v) is 5.68. The zero-order chi connectivity index (χ0) is 17.8. The van der Waals surface area contributed by atoms with Gasteiger partial charge in [-0.25, -0.2) is 0 Å². The van der Waals surface area contributed by atoms with Gasteiger partial charge in [-0.2, -0.15) is 0 Å². The molecule has 0 radical (unpaired) electrons. The number of carbonyl (C=O) groups is 1. The molecule has 0 heterocycles. The van der Waals surface area contributed by atoms with Crippen molar-refractivity contribution >= 4 is 33.7 Å². The first kappa shape index (κ1) is 16.4. The van der Waals surface area contributed by atoms with Crippen molar-refractivity contribution in [3.8, 4) is 0 Å². The van der Waals surface area contributed by atoms with E-state index < -0.39 is 4.92 Å². The number of nitrogens with zero attached hydrogens (tertiary/aromatic N) is 1. The Morgan fingerprint density at radius 1 is 1.04 bits per heavy atom. The number of nitro groups is 1. The highest BCUT2D eigenvalue weighted by Gasteiger charge is 2.11. The summed E-state index contributed by atoms with van der Waals surface area (Å²) in [5.41, 5.74) is 2.02. The molecule has 0 aliphatic rings. The van der Waals surface area contributed by atoms with Gasteiger partial charge in [0.1, 0.15) is 0 Å². The summed E-state index contributed by atoms with van der Waals surface area (Å²) < 4.78 is 0. The normalized spacial score (nSPS) is 10.4. The molecule has 6 heteroatoms. The van der Waals surface area contributed by atoms with Crippen LogP contribution in [0.5, 0.6) is 0 Å². The minimum absolute atomic E-state index is 0.0529. The van der Waals surface area contributed by atoms with Crippen LogP contribution in [0.4, 0.5) is 17.1 Å². The van der Waals surface area contributed by atoms with Gasteiger partial charge in [-0.05, 0) is 23.9 Å². The highest BCUT2D eigenvalue weighted by molar-refractivity contribution is 5.98. The van der Waals surface area contributed by atoms with Gasteiger partial charge < -0.3 is 10.6 Å². The van der Waals surface area contributed by atoms with Gasteiger partial charge in [0.25, 0.3) is 5.69 Å². The lowest BCUT2D eigenvalue weighted by atomic mass is 10.1. The van der Waals surface area contributed by atoms with E-state index in [-0.39, 0.29) is 18.1 Å². The summed E-state index contributed by atoms with van der Waals surface area (Å²) in [4.78, 5) is 22.6. The highest BCUT2D eigenvalue weighted by atomic mass is 16.6. The molecule has 6 nitrogen and oxygen atoms in total. The number of hydrogen-bond donors (Lipinski definition) is 2. The first-order valence-corrected chi connectivity index (χ1v) is 7.81. The molecule has 0 bridgehead atoms. The SMILES string of the molecule is Cc1ccc([N+](=O)[O-])cc1NC(=O)CNc1cccc2ccccc12. The maximum Gasteiger partial charge on any atom is 0.271 e. The third kappa shape index (κ3) is 3.74. The molecule has 126 valence electrons. The first-order valence-electron chi connectivity index (χ1n) is 7.81. The van der Waals surface area contributed by atoms with E-state index in [1.54, 1.807) is 13.0 Å². The summed E-state index contributed by atoms with van der Waals surface area (Å²) in [5.74, 6) is -0.267. The fraction of sp³-hybridized carbons (Fsp3) is 0.105. The van der Waals surface area contributed by atoms with Gasteiger partial charge in [0.05, 0.1) is 17.2 Å². The molecular formula is C19H17N3O3. The predicted molar refractivity (Wildman–Crippen MR) is 98.9 cm³/mol. The highest BCUT2D eigenvalue weighted by Crippen LogP contribution is 2.23. The van der Waals surface area contributed by atoms with Crippen molar-refractivity contribution in [2.45, 2.75) is 6.92 Å². The number of non-ortho nitro benzene ring substituents is 1. The lowest BCUT2D eigenvalue weighted by molar-refractivity contribution is -0.384. The van der Waals surface area contributed by atoms with Crippen molar-refractivity contribution in [3.05, 3.63) is 76.3 Å². The van der Waals surface area contributed by atoms with Gasteiger partial charge in [0.15, 0.2) is 0 Å². The van der Waals surface area contributed by atoms with Crippen LogP contribution in [0.15, 0.2) is 60.7 Å². The zero-order valence-electron chi connectivity index (χ0n) is 13.7. The molecule has 0 aliphatic heterocycles. The summed E-state index contributed by atoms with van der Waals surface area (Å²) in [5, 5.41) is 18.8. The van der Waals surface area contributed by atoms with E-state index in [1.165, 1.54) is 12.1 Å². The van der Waals surface area contributed by atoms with Gasteiger partial charge in [-0.1, -0.05) is 42.5 Å². The van der Waals surface area contributed by atoms with E-state index >= 15 is 0 Å². The monoisotopic (exact) mass is 335 g/mol. The average molecular weight is 335 g/mol. The van der Waals surface area contributed by atoms with Crippen LogP contribution in [0.2, 0.25) is 0 Å². The maximum atomic E-state index is 12.2. The Bertz CT molecular complexity index is 948. The van der Waals surface area contributed by atoms with Gasteiger partial charge in [-0.3, -0.25) is 14.9 Å². The van der Waals surface area contributed by atoms with Gasteiger partial charge in [0.2, 0.25) is 5.91 Å². The Kier molecular flexibility index (Phi) is 4.61.